The van der Waals surface area contributed by atoms with E-state index in [9.17, 15) is 4.79 Å². The minimum Gasteiger partial charge on any atom is -0.334 e. The number of nitrogens with one attached hydrogen (secondary N) is 1. The van der Waals surface area contributed by atoms with E-state index in [0.717, 1.165) is 56.2 Å². The summed E-state index contributed by atoms with van der Waals surface area (Å²) in [5.41, 5.74) is 2.37. The van der Waals surface area contributed by atoms with Gasteiger partial charge < -0.3 is 14.8 Å². The SMILES string of the molecule is Cc1ccc(CNC(=O)N2CCC(Cc3nncn3CC3CC3)CC2)cc1. The van der Waals surface area contributed by atoms with Crippen LogP contribution in [0.5, 0.6) is 0 Å². The standard InChI is InChI=1S/C21H29N5O/c1-16-2-4-18(5-3-16)13-22-21(27)25-10-8-17(9-11-25)12-20-24-23-15-26(20)14-19-6-7-19/h2-5,15,17,19H,6-14H2,1H3,(H,22,27). The van der Waals surface area contributed by atoms with Gasteiger partial charge in [0.15, 0.2) is 0 Å². The molecule has 1 aliphatic carbocycles. The van der Waals surface area contributed by atoms with E-state index in [4.69, 9.17) is 0 Å². The molecule has 6 nitrogen and oxygen atoms in total. The van der Waals surface area contributed by atoms with E-state index in [1.807, 2.05) is 11.2 Å². The van der Waals surface area contributed by atoms with Gasteiger partial charge in [-0.25, -0.2) is 4.79 Å². The van der Waals surface area contributed by atoms with E-state index in [2.05, 4.69) is 51.3 Å². The zero-order chi connectivity index (χ0) is 18.6. The summed E-state index contributed by atoms with van der Waals surface area (Å²) in [6, 6.07) is 8.34. The minimum atomic E-state index is 0.0472. The quantitative estimate of drug-likeness (QED) is 0.853. The van der Waals surface area contributed by atoms with Crippen molar-refractivity contribution in [2.75, 3.05) is 13.1 Å². The van der Waals surface area contributed by atoms with Crippen molar-refractivity contribution in [3.8, 4) is 0 Å². The highest BCUT2D eigenvalue weighted by atomic mass is 16.2. The molecule has 0 bridgehead atoms. The second-order valence-electron chi connectivity index (χ2n) is 8.12. The summed E-state index contributed by atoms with van der Waals surface area (Å²) in [5, 5.41) is 11.5. The molecule has 0 atom stereocenters. The van der Waals surface area contributed by atoms with Crippen LogP contribution in [0.4, 0.5) is 4.79 Å². The third kappa shape index (κ3) is 4.87. The van der Waals surface area contributed by atoms with Crippen LogP contribution in [0.25, 0.3) is 0 Å². The molecule has 0 spiro atoms. The predicted octanol–water partition coefficient (Wildman–Crippen LogP) is 3.16. The fourth-order valence-corrected chi connectivity index (χ4v) is 3.76. The molecule has 27 heavy (non-hydrogen) atoms. The molecule has 2 aromatic rings. The zero-order valence-corrected chi connectivity index (χ0v) is 16.1. The van der Waals surface area contributed by atoms with Gasteiger partial charge >= 0.3 is 6.03 Å². The molecule has 0 radical (unpaired) electrons. The Bertz CT molecular complexity index is 757. The monoisotopic (exact) mass is 367 g/mol. The molecule has 1 aromatic carbocycles. The fraction of sp³-hybridized carbons (Fsp3) is 0.571. The van der Waals surface area contributed by atoms with E-state index in [0.29, 0.717) is 12.5 Å². The lowest BCUT2D eigenvalue weighted by atomic mass is 9.93. The maximum absolute atomic E-state index is 12.4. The van der Waals surface area contributed by atoms with Crippen molar-refractivity contribution in [3.63, 3.8) is 0 Å². The molecular weight excluding hydrogens is 338 g/mol. The topological polar surface area (TPSA) is 63.1 Å². The molecule has 1 aromatic heterocycles. The molecule has 1 saturated heterocycles. The largest absolute Gasteiger partial charge is 0.334 e. The summed E-state index contributed by atoms with van der Waals surface area (Å²) in [6.45, 7) is 5.37. The second-order valence-corrected chi connectivity index (χ2v) is 8.12. The van der Waals surface area contributed by atoms with Gasteiger partial charge in [-0.2, -0.15) is 0 Å². The Kier molecular flexibility index (Phi) is 5.41. The molecule has 2 fully saturated rings. The molecule has 1 N–H and O–H groups in total. The van der Waals surface area contributed by atoms with Gasteiger partial charge in [0.05, 0.1) is 0 Å². The molecule has 1 aliphatic heterocycles. The highest BCUT2D eigenvalue weighted by molar-refractivity contribution is 5.74. The maximum Gasteiger partial charge on any atom is 0.317 e. The number of benzene rings is 1. The maximum atomic E-state index is 12.4. The third-order valence-electron chi connectivity index (χ3n) is 5.78. The molecule has 0 unspecified atom stereocenters. The molecule has 144 valence electrons. The van der Waals surface area contributed by atoms with Gasteiger partial charge in [0.2, 0.25) is 0 Å². The van der Waals surface area contributed by atoms with Crippen molar-refractivity contribution in [1.29, 1.82) is 0 Å². The van der Waals surface area contributed by atoms with Gasteiger partial charge in [0.25, 0.3) is 0 Å². The Morgan fingerprint density at radius 2 is 1.85 bits per heavy atom. The van der Waals surface area contributed by atoms with Crippen molar-refractivity contribution in [2.45, 2.75) is 52.1 Å². The number of hydrogen-bond donors (Lipinski definition) is 1. The highest BCUT2D eigenvalue weighted by Crippen LogP contribution is 2.31. The number of carbonyl (C=O) groups excluding carboxylic acids is 1. The summed E-state index contributed by atoms with van der Waals surface area (Å²) in [6.07, 6.45) is 7.61. The van der Waals surface area contributed by atoms with Crippen molar-refractivity contribution in [3.05, 3.63) is 47.5 Å². The van der Waals surface area contributed by atoms with Crippen LogP contribution in [0.1, 0.15) is 42.6 Å². The van der Waals surface area contributed by atoms with Crippen LogP contribution >= 0.6 is 0 Å². The lowest BCUT2D eigenvalue weighted by Gasteiger charge is -2.32. The van der Waals surface area contributed by atoms with Crippen LogP contribution in [0, 0.1) is 18.8 Å². The predicted molar refractivity (Wildman–Crippen MR) is 104 cm³/mol. The van der Waals surface area contributed by atoms with E-state index in [1.165, 1.54) is 18.4 Å². The van der Waals surface area contributed by atoms with Gasteiger partial charge in [-0.1, -0.05) is 29.8 Å². The molecule has 2 amide bonds. The van der Waals surface area contributed by atoms with Crippen LogP contribution < -0.4 is 5.32 Å². The second kappa shape index (κ2) is 8.11. The number of likely N-dealkylation sites (tertiary alicyclic amines) is 1. The van der Waals surface area contributed by atoms with Gasteiger partial charge in [-0.05, 0) is 50.0 Å². The summed E-state index contributed by atoms with van der Waals surface area (Å²) in [5.74, 6) is 2.54. The average molecular weight is 367 g/mol. The van der Waals surface area contributed by atoms with E-state index >= 15 is 0 Å². The van der Waals surface area contributed by atoms with E-state index < -0.39 is 0 Å². The Morgan fingerprint density at radius 3 is 2.56 bits per heavy atom. The number of rotatable bonds is 6. The van der Waals surface area contributed by atoms with Crippen LogP contribution in [0.15, 0.2) is 30.6 Å². The highest BCUT2D eigenvalue weighted by Gasteiger charge is 2.26. The van der Waals surface area contributed by atoms with Crippen molar-refractivity contribution >= 4 is 6.03 Å². The van der Waals surface area contributed by atoms with Crippen molar-refractivity contribution < 1.29 is 4.79 Å². The number of aromatic nitrogens is 3. The van der Waals surface area contributed by atoms with E-state index in [-0.39, 0.29) is 6.03 Å². The van der Waals surface area contributed by atoms with E-state index in [1.54, 1.807) is 0 Å². The number of carbonyl (C=O) groups is 1. The molecule has 6 heteroatoms. The molecule has 1 saturated carbocycles. The van der Waals surface area contributed by atoms with Crippen LogP contribution in [0.3, 0.4) is 0 Å². The van der Waals surface area contributed by atoms with Crippen molar-refractivity contribution in [1.82, 2.24) is 25.0 Å². The first-order chi connectivity index (χ1) is 13.2. The number of piperidine rings is 1. The lowest BCUT2D eigenvalue weighted by molar-refractivity contribution is 0.169. The summed E-state index contributed by atoms with van der Waals surface area (Å²) >= 11 is 0. The minimum absolute atomic E-state index is 0.0472. The first kappa shape index (κ1) is 18.0. The first-order valence-electron chi connectivity index (χ1n) is 10.1. The Morgan fingerprint density at radius 1 is 1.11 bits per heavy atom. The van der Waals surface area contributed by atoms with Gasteiger partial charge in [0, 0.05) is 32.6 Å². The van der Waals surface area contributed by atoms with Gasteiger partial charge in [-0.3, -0.25) is 0 Å². The Labute approximate surface area is 161 Å². The Hall–Kier alpha value is -2.37. The smallest absolute Gasteiger partial charge is 0.317 e. The van der Waals surface area contributed by atoms with Crippen LogP contribution in [0.2, 0.25) is 0 Å². The summed E-state index contributed by atoms with van der Waals surface area (Å²) < 4.78 is 2.23. The Balaban J connectivity index is 1.22. The normalized spacial score (nSPS) is 17.9. The first-order valence-corrected chi connectivity index (χ1v) is 10.1. The number of nitrogens with zero attached hydrogens (tertiary/aromatic N) is 4. The molecule has 2 aliphatic rings. The lowest BCUT2D eigenvalue weighted by Crippen LogP contribution is -2.44. The molecular formula is C21H29N5O. The number of amides is 2. The van der Waals surface area contributed by atoms with Crippen molar-refractivity contribution in [2.24, 2.45) is 11.8 Å². The summed E-state index contributed by atoms with van der Waals surface area (Å²) in [7, 11) is 0. The van der Waals surface area contributed by atoms with Gasteiger partial charge in [0.1, 0.15) is 12.2 Å². The number of aryl methyl sites for hydroxylation is 1. The molecule has 4 rings (SSSR count). The van der Waals surface area contributed by atoms with Gasteiger partial charge in [-0.15, -0.1) is 10.2 Å². The van der Waals surface area contributed by atoms with Crippen LogP contribution in [-0.2, 0) is 19.5 Å². The average Bonchev–Trinajstić information content (AvgIpc) is 3.40. The van der Waals surface area contributed by atoms with Crippen LogP contribution in [-0.4, -0.2) is 38.8 Å². The zero-order valence-electron chi connectivity index (χ0n) is 16.1. The number of hydrogen-bond acceptors (Lipinski definition) is 3. The third-order valence-corrected chi connectivity index (χ3v) is 5.78. The fourth-order valence-electron chi connectivity index (χ4n) is 3.76. The summed E-state index contributed by atoms with van der Waals surface area (Å²) in [4.78, 5) is 14.4. The number of urea groups is 1. The molecule has 2 heterocycles.